The number of rotatable bonds is 7. The van der Waals surface area contributed by atoms with E-state index < -0.39 is 0 Å². The number of anilines is 1. The van der Waals surface area contributed by atoms with Gasteiger partial charge >= 0.3 is 0 Å². The predicted octanol–water partition coefficient (Wildman–Crippen LogP) is 1.40. The van der Waals surface area contributed by atoms with Crippen LogP contribution in [0.2, 0.25) is 0 Å². The van der Waals surface area contributed by atoms with Crippen LogP contribution < -0.4 is 10.6 Å². The van der Waals surface area contributed by atoms with Crippen molar-refractivity contribution in [2.75, 3.05) is 37.7 Å². The Morgan fingerprint density at radius 3 is 3.05 bits per heavy atom. The van der Waals surface area contributed by atoms with Crippen LogP contribution in [-0.4, -0.2) is 42.4 Å². The summed E-state index contributed by atoms with van der Waals surface area (Å²) in [5.41, 5.74) is 6.85. The van der Waals surface area contributed by atoms with E-state index in [1.807, 2.05) is 6.92 Å². The van der Waals surface area contributed by atoms with Crippen LogP contribution in [-0.2, 0) is 11.3 Å². The van der Waals surface area contributed by atoms with E-state index in [9.17, 15) is 0 Å². The van der Waals surface area contributed by atoms with Crippen LogP contribution in [0.3, 0.4) is 0 Å². The molecular formula is C14H26N4O. The Labute approximate surface area is 115 Å². The fourth-order valence-electron chi connectivity index (χ4n) is 2.64. The van der Waals surface area contributed by atoms with Gasteiger partial charge in [-0.2, -0.15) is 0 Å². The van der Waals surface area contributed by atoms with Crippen molar-refractivity contribution in [1.29, 1.82) is 0 Å². The molecule has 1 aromatic rings. The molecule has 1 unspecified atom stereocenters. The molecule has 2 heterocycles. The van der Waals surface area contributed by atoms with Crippen molar-refractivity contribution in [1.82, 2.24) is 9.55 Å². The number of hydrogen-bond acceptors (Lipinski definition) is 4. The van der Waals surface area contributed by atoms with Crippen LogP contribution in [0.4, 0.5) is 5.95 Å². The van der Waals surface area contributed by atoms with Crippen molar-refractivity contribution in [3.05, 3.63) is 11.9 Å². The highest BCUT2D eigenvalue weighted by Crippen LogP contribution is 2.23. The molecule has 1 aliphatic rings. The third-order valence-corrected chi connectivity index (χ3v) is 3.67. The smallest absolute Gasteiger partial charge is 0.205 e. The zero-order valence-corrected chi connectivity index (χ0v) is 12.1. The van der Waals surface area contributed by atoms with Crippen molar-refractivity contribution < 1.29 is 4.74 Å². The normalized spacial score (nSPS) is 19.3. The second-order valence-corrected chi connectivity index (χ2v) is 5.26. The molecule has 19 heavy (non-hydrogen) atoms. The van der Waals surface area contributed by atoms with Gasteiger partial charge in [-0.15, -0.1) is 0 Å². The Hall–Kier alpha value is -1.07. The lowest BCUT2D eigenvalue weighted by molar-refractivity contribution is 0.141. The number of imidazole rings is 1. The fourth-order valence-corrected chi connectivity index (χ4v) is 2.64. The van der Waals surface area contributed by atoms with Gasteiger partial charge in [-0.25, -0.2) is 4.98 Å². The van der Waals surface area contributed by atoms with E-state index in [1.165, 1.54) is 6.42 Å². The SMILES string of the molecule is CCOCCCn1cc(C)nc1N1CCC(CN)C1. The minimum atomic E-state index is 0.619. The summed E-state index contributed by atoms with van der Waals surface area (Å²) >= 11 is 0. The molecule has 5 heteroatoms. The topological polar surface area (TPSA) is 56.3 Å². The highest BCUT2D eigenvalue weighted by Gasteiger charge is 2.24. The highest BCUT2D eigenvalue weighted by molar-refractivity contribution is 5.35. The molecule has 1 aromatic heterocycles. The van der Waals surface area contributed by atoms with Crippen LogP contribution in [0.15, 0.2) is 6.20 Å². The summed E-state index contributed by atoms with van der Waals surface area (Å²) in [6.45, 7) is 9.56. The Bertz CT molecular complexity index is 391. The second kappa shape index (κ2) is 6.91. The summed E-state index contributed by atoms with van der Waals surface area (Å²) in [4.78, 5) is 7.03. The van der Waals surface area contributed by atoms with Crippen molar-refractivity contribution in [3.8, 4) is 0 Å². The zero-order valence-electron chi connectivity index (χ0n) is 12.1. The minimum absolute atomic E-state index is 0.619. The van der Waals surface area contributed by atoms with Gasteiger partial charge in [-0.05, 0) is 39.2 Å². The standard InChI is InChI=1S/C14H26N4O/c1-3-19-8-4-6-17-10-12(2)16-14(17)18-7-5-13(9-15)11-18/h10,13H,3-9,11,15H2,1-2H3. The molecule has 108 valence electrons. The van der Waals surface area contributed by atoms with E-state index in [1.54, 1.807) is 0 Å². The molecule has 1 saturated heterocycles. The first-order valence-electron chi connectivity index (χ1n) is 7.31. The second-order valence-electron chi connectivity index (χ2n) is 5.26. The molecule has 2 rings (SSSR count). The quantitative estimate of drug-likeness (QED) is 0.758. The molecule has 0 amide bonds. The van der Waals surface area contributed by atoms with Gasteiger partial charge in [0.05, 0.1) is 5.69 Å². The maximum Gasteiger partial charge on any atom is 0.205 e. The van der Waals surface area contributed by atoms with Gasteiger partial charge in [0.25, 0.3) is 0 Å². The molecule has 1 fully saturated rings. The molecule has 0 aromatic carbocycles. The summed E-state index contributed by atoms with van der Waals surface area (Å²) in [5, 5.41) is 0. The first kappa shape index (κ1) is 14.3. The van der Waals surface area contributed by atoms with Gasteiger partial charge in [-0.3, -0.25) is 0 Å². The number of nitrogens with zero attached hydrogens (tertiary/aromatic N) is 3. The Kier molecular flexibility index (Phi) is 5.22. The van der Waals surface area contributed by atoms with Crippen LogP contribution >= 0.6 is 0 Å². The molecular weight excluding hydrogens is 240 g/mol. The largest absolute Gasteiger partial charge is 0.382 e. The zero-order chi connectivity index (χ0) is 13.7. The molecule has 0 aliphatic carbocycles. The lowest BCUT2D eigenvalue weighted by atomic mass is 10.1. The van der Waals surface area contributed by atoms with Crippen LogP contribution in [0.1, 0.15) is 25.5 Å². The summed E-state index contributed by atoms with van der Waals surface area (Å²) in [7, 11) is 0. The van der Waals surface area contributed by atoms with E-state index in [0.717, 1.165) is 57.5 Å². The summed E-state index contributed by atoms with van der Waals surface area (Å²) < 4.78 is 7.66. The molecule has 5 nitrogen and oxygen atoms in total. The van der Waals surface area contributed by atoms with Gasteiger partial charge in [0, 0.05) is 39.0 Å². The Balaban J connectivity index is 1.96. The third-order valence-electron chi connectivity index (χ3n) is 3.67. The number of nitrogens with two attached hydrogens (primary N) is 1. The average Bonchev–Trinajstić information content (AvgIpc) is 3.01. The van der Waals surface area contributed by atoms with Crippen LogP contribution in [0.25, 0.3) is 0 Å². The van der Waals surface area contributed by atoms with Crippen LogP contribution in [0.5, 0.6) is 0 Å². The molecule has 1 aliphatic heterocycles. The molecule has 0 spiro atoms. The first-order valence-corrected chi connectivity index (χ1v) is 7.31. The van der Waals surface area contributed by atoms with E-state index in [4.69, 9.17) is 10.5 Å². The van der Waals surface area contributed by atoms with Gasteiger partial charge < -0.3 is 19.9 Å². The number of aromatic nitrogens is 2. The summed E-state index contributed by atoms with van der Waals surface area (Å²) in [6, 6.07) is 0. The number of hydrogen-bond donors (Lipinski definition) is 1. The van der Waals surface area contributed by atoms with Crippen molar-refractivity contribution >= 4 is 5.95 Å². The summed E-state index contributed by atoms with van der Waals surface area (Å²) in [6.07, 6.45) is 4.35. The van der Waals surface area contributed by atoms with E-state index >= 15 is 0 Å². The maximum atomic E-state index is 5.76. The molecule has 0 radical (unpaired) electrons. The van der Waals surface area contributed by atoms with E-state index in [-0.39, 0.29) is 0 Å². The Morgan fingerprint density at radius 2 is 2.37 bits per heavy atom. The van der Waals surface area contributed by atoms with E-state index in [0.29, 0.717) is 5.92 Å². The van der Waals surface area contributed by atoms with Gasteiger partial charge in [0.1, 0.15) is 0 Å². The maximum absolute atomic E-state index is 5.76. The van der Waals surface area contributed by atoms with Crippen molar-refractivity contribution in [2.45, 2.75) is 33.2 Å². The van der Waals surface area contributed by atoms with Gasteiger partial charge in [0.2, 0.25) is 5.95 Å². The fraction of sp³-hybridized carbons (Fsp3) is 0.786. The van der Waals surface area contributed by atoms with Crippen molar-refractivity contribution in [2.24, 2.45) is 11.7 Å². The third kappa shape index (κ3) is 3.70. The van der Waals surface area contributed by atoms with Crippen LogP contribution in [0, 0.1) is 12.8 Å². The monoisotopic (exact) mass is 266 g/mol. The number of ether oxygens (including phenoxy) is 1. The average molecular weight is 266 g/mol. The summed E-state index contributed by atoms with van der Waals surface area (Å²) in [5.74, 6) is 1.72. The van der Waals surface area contributed by atoms with Gasteiger partial charge in [0.15, 0.2) is 0 Å². The highest BCUT2D eigenvalue weighted by atomic mass is 16.5. The lowest BCUT2D eigenvalue weighted by Crippen LogP contribution is -2.25. The molecule has 0 saturated carbocycles. The minimum Gasteiger partial charge on any atom is -0.382 e. The van der Waals surface area contributed by atoms with E-state index in [2.05, 4.69) is 27.6 Å². The number of aryl methyl sites for hydroxylation is 2. The van der Waals surface area contributed by atoms with Crippen molar-refractivity contribution in [3.63, 3.8) is 0 Å². The molecule has 1 atom stereocenters. The molecule has 2 N–H and O–H groups in total. The Morgan fingerprint density at radius 1 is 1.53 bits per heavy atom. The predicted molar refractivity (Wildman–Crippen MR) is 77.4 cm³/mol. The molecule has 0 bridgehead atoms. The van der Waals surface area contributed by atoms with Gasteiger partial charge in [-0.1, -0.05) is 0 Å². The first-order chi connectivity index (χ1) is 9.24. The lowest BCUT2D eigenvalue weighted by Gasteiger charge is -2.19.